The molecule has 0 fully saturated rings. The lowest BCUT2D eigenvalue weighted by Crippen LogP contribution is -1.96. The van der Waals surface area contributed by atoms with Crippen molar-refractivity contribution < 1.29 is 8.83 Å². The van der Waals surface area contributed by atoms with Crippen molar-refractivity contribution in [3.63, 3.8) is 0 Å². The third-order valence-corrected chi connectivity index (χ3v) is 10.1. The van der Waals surface area contributed by atoms with Crippen LogP contribution in [0.3, 0.4) is 0 Å². The zero-order valence-corrected chi connectivity index (χ0v) is 25.8. The summed E-state index contributed by atoms with van der Waals surface area (Å²) in [6.07, 6.45) is 1.96. The van der Waals surface area contributed by atoms with E-state index in [2.05, 4.69) is 155 Å². The quantitative estimate of drug-likeness (QED) is 0.198. The Labute approximate surface area is 273 Å². The van der Waals surface area contributed by atoms with Crippen molar-refractivity contribution in [3.8, 4) is 11.4 Å². The number of nitrogens with zero attached hydrogens (tertiary/aromatic N) is 2. The first-order chi connectivity index (χ1) is 23.8. The third kappa shape index (κ3) is 3.18. The monoisotopic (exact) mass is 614 g/mol. The van der Waals surface area contributed by atoms with Gasteiger partial charge in [-0.3, -0.25) is 9.13 Å². The van der Waals surface area contributed by atoms with Crippen molar-refractivity contribution >= 4 is 93.6 Å². The Morgan fingerprint density at radius 2 is 1.21 bits per heavy atom. The number of rotatable bonds is 3. The summed E-state index contributed by atoms with van der Waals surface area (Å²) in [5.41, 5.74) is 8.71. The lowest BCUT2D eigenvalue weighted by molar-refractivity contribution is 0.625. The Morgan fingerprint density at radius 3 is 2.06 bits per heavy atom. The Balaban J connectivity index is 1.39. The molecule has 0 unspecified atom stereocenters. The van der Waals surface area contributed by atoms with Gasteiger partial charge < -0.3 is 8.83 Å². The fourth-order valence-corrected chi connectivity index (χ4v) is 8.09. The zero-order chi connectivity index (χ0) is 31.5. The van der Waals surface area contributed by atoms with Crippen molar-refractivity contribution in [2.75, 3.05) is 0 Å². The van der Waals surface area contributed by atoms with Gasteiger partial charge in [0.25, 0.3) is 0 Å². The third-order valence-electron chi connectivity index (χ3n) is 10.1. The molecular formula is C44H26N2O2. The summed E-state index contributed by atoms with van der Waals surface area (Å²) in [6, 6.07) is 49.1. The van der Waals surface area contributed by atoms with Crippen LogP contribution in [0.2, 0.25) is 0 Å². The maximum Gasteiger partial charge on any atom is 0.215 e. The van der Waals surface area contributed by atoms with Crippen LogP contribution in [0.15, 0.2) is 155 Å². The summed E-state index contributed by atoms with van der Waals surface area (Å²) in [6.45, 7) is 4.22. The van der Waals surface area contributed by atoms with Gasteiger partial charge in [0.05, 0.1) is 32.9 Å². The summed E-state index contributed by atoms with van der Waals surface area (Å²) in [4.78, 5) is 0. The van der Waals surface area contributed by atoms with Gasteiger partial charge in [0, 0.05) is 27.2 Å². The van der Waals surface area contributed by atoms with Crippen molar-refractivity contribution in [1.29, 1.82) is 0 Å². The molecule has 224 valence electrons. The van der Waals surface area contributed by atoms with Gasteiger partial charge in [-0.15, -0.1) is 0 Å². The summed E-state index contributed by atoms with van der Waals surface area (Å²) < 4.78 is 18.4. The fourth-order valence-electron chi connectivity index (χ4n) is 8.09. The van der Waals surface area contributed by atoms with Crippen LogP contribution in [0, 0.1) is 0 Å². The molecule has 0 bridgehead atoms. The molecular weight excluding hydrogens is 588 g/mol. The Bertz CT molecular complexity index is 3130. The molecule has 0 amide bonds. The predicted octanol–water partition coefficient (Wildman–Crippen LogP) is 12.3. The lowest BCUT2D eigenvalue weighted by Gasteiger charge is -2.11. The van der Waals surface area contributed by atoms with E-state index < -0.39 is 0 Å². The average molecular weight is 615 g/mol. The van der Waals surface area contributed by atoms with Gasteiger partial charge in [-0.1, -0.05) is 110 Å². The predicted molar refractivity (Wildman–Crippen MR) is 200 cm³/mol. The summed E-state index contributed by atoms with van der Waals surface area (Å²) in [5, 5.41) is 11.3. The first-order valence-corrected chi connectivity index (χ1v) is 16.2. The minimum atomic E-state index is 0.805. The van der Waals surface area contributed by atoms with Crippen molar-refractivity contribution in [3.05, 3.63) is 152 Å². The molecule has 48 heavy (non-hydrogen) atoms. The summed E-state index contributed by atoms with van der Waals surface area (Å²) >= 11 is 0. The molecule has 0 spiro atoms. The molecule has 4 heterocycles. The highest BCUT2D eigenvalue weighted by Gasteiger charge is 2.28. The van der Waals surface area contributed by atoms with Crippen molar-refractivity contribution in [2.45, 2.75) is 0 Å². The van der Waals surface area contributed by atoms with E-state index in [1.807, 2.05) is 6.08 Å². The molecule has 0 aliphatic carbocycles. The van der Waals surface area contributed by atoms with Crippen LogP contribution in [0.25, 0.3) is 105 Å². The van der Waals surface area contributed by atoms with Crippen LogP contribution < -0.4 is 0 Å². The molecule has 11 rings (SSSR count). The molecule has 0 radical (unpaired) electrons. The highest BCUT2D eigenvalue weighted by atomic mass is 16.4. The maximum absolute atomic E-state index is 7.19. The Morgan fingerprint density at radius 1 is 0.479 bits per heavy atom. The van der Waals surface area contributed by atoms with Crippen LogP contribution in [0.1, 0.15) is 5.56 Å². The number of benzene rings is 7. The van der Waals surface area contributed by atoms with E-state index in [1.165, 1.54) is 10.8 Å². The number of furan rings is 2. The van der Waals surface area contributed by atoms with Gasteiger partial charge in [0.2, 0.25) is 11.4 Å². The Hall–Kier alpha value is -6.52. The molecule has 11 aromatic rings. The number of fused-ring (bicyclic) bond motifs is 14. The number of para-hydroxylation sites is 2. The first kappa shape index (κ1) is 25.6. The molecule has 0 N–H and O–H groups in total. The van der Waals surface area contributed by atoms with Gasteiger partial charge in [-0.25, -0.2) is 0 Å². The maximum atomic E-state index is 7.19. The molecule has 4 nitrogen and oxygen atoms in total. The minimum absolute atomic E-state index is 0.805. The average Bonchev–Trinajstić information content (AvgIpc) is 3.87. The van der Waals surface area contributed by atoms with E-state index >= 15 is 0 Å². The highest BCUT2D eigenvalue weighted by molar-refractivity contribution is 6.33. The molecule has 7 aromatic carbocycles. The van der Waals surface area contributed by atoms with Crippen LogP contribution >= 0.6 is 0 Å². The van der Waals surface area contributed by atoms with E-state index in [0.717, 1.165) is 93.7 Å². The highest BCUT2D eigenvalue weighted by Crippen LogP contribution is 2.48. The van der Waals surface area contributed by atoms with E-state index in [-0.39, 0.29) is 0 Å². The molecule has 4 aromatic heterocycles. The summed E-state index contributed by atoms with van der Waals surface area (Å²) in [5.74, 6) is 0. The number of aromatic nitrogens is 2. The first-order valence-electron chi connectivity index (χ1n) is 16.2. The minimum Gasteiger partial charge on any atom is -0.455 e. The van der Waals surface area contributed by atoms with Gasteiger partial charge in [0.1, 0.15) is 11.2 Å². The second-order valence-corrected chi connectivity index (χ2v) is 12.5. The van der Waals surface area contributed by atoms with E-state index in [9.17, 15) is 0 Å². The molecule has 0 aliphatic heterocycles. The molecule has 0 atom stereocenters. The zero-order valence-electron chi connectivity index (χ0n) is 25.8. The second kappa shape index (κ2) is 9.27. The number of hydrogen-bond acceptors (Lipinski definition) is 2. The van der Waals surface area contributed by atoms with Crippen molar-refractivity contribution in [1.82, 2.24) is 9.13 Å². The standard InChI is InChI=1S/C44H26N2O2/c1-2-26-25-36-39(31-18-9-8-16-29(26)31)41-40-32-19-10-11-20-34(32)45(28-14-4-3-5-15-28)43(40)48-44(41)46(36)35-21-12-22-37-38(35)33-24-23-27-13-6-7-17-30(27)42(33)47-37/h2-25H,1H2. The molecule has 4 heteroatoms. The topological polar surface area (TPSA) is 36.1 Å². The van der Waals surface area contributed by atoms with Crippen molar-refractivity contribution in [2.24, 2.45) is 0 Å². The van der Waals surface area contributed by atoms with Gasteiger partial charge in [-0.05, 0) is 64.2 Å². The smallest absolute Gasteiger partial charge is 0.215 e. The largest absolute Gasteiger partial charge is 0.455 e. The van der Waals surface area contributed by atoms with E-state index in [4.69, 9.17) is 8.83 Å². The SMILES string of the molecule is C=Cc1cc2c(c3ccccc13)c1c3c4ccccc4n(-c4ccccc4)c3oc1n2-c1cccc2oc3c4ccccc4ccc3c12. The normalized spacial score (nSPS) is 12.2. The molecule has 0 saturated heterocycles. The fraction of sp³-hybridized carbons (Fsp3) is 0. The number of hydrogen-bond donors (Lipinski definition) is 0. The molecule has 0 saturated carbocycles. The van der Waals surface area contributed by atoms with Gasteiger partial charge in [0.15, 0.2) is 0 Å². The Kier molecular flexibility index (Phi) is 4.96. The van der Waals surface area contributed by atoms with Gasteiger partial charge in [-0.2, -0.15) is 0 Å². The van der Waals surface area contributed by atoms with E-state index in [0.29, 0.717) is 0 Å². The van der Waals surface area contributed by atoms with E-state index in [1.54, 1.807) is 0 Å². The van der Waals surface area contributed by atoms with Crippen LogP contribution in [0.5, 0.6) is 0 Å². The second-order valence-electron chi connectivity index (χ2n) is 12.5. The van der Waals surface area contributed by atoms with Crippen LogP contribution in [0.4, 0.5) is 0 Å². The van der Waals surface area contributed by atoms with Crippen LogP contribution in [-0.2, 0) is 0 Å². The lowest BCUT2D eigenvalue weighted by atomic mass is 9.98. The van der Waals surface area contributed by atoms with Gasteiger partial charge >= 0.3 is 0 Å². The summed E-state index contributed by atoms with van der Waals surface area (Å²) in [7, 11) is 0. The molecule has 0 aliphatic rings. The van der Waals surface area contributed by atoms with Crippen LogP contribution in [-0.4, -0.2) is 9.13 Å².